The van der Waals surface area contributed by atoms with Gasteiger partial charge in [0.15, 0.2) is 20.9 Å². The first kappa shape index (κ1) is 18.0. The van der Waals surface area contributed by atoms with Crippen LogP contribution in [0.1, 0.15) is 32.6 Å². The molecule has 1 N–H and O–H groups in total. The van der Waals surface area contributed by atoms with E-state index < -0.39 is 27.0 Å². The zero-order chi connectivity index (χ0) is 17.5. The maximum atomic E-state index is 10.2. The molecule has 2 aliphatic heterocycles. The normalized spacial score (nSPS) is 33.7. The van der Waals surface area contributed by atoms with Crippen LogP contribution >= 0.6 is 0 Å². The van der Waals surface area contributed by atoms with E-state index in [9.17, 15) is 5.11 Å². The molecule has 5 atom stereocenters. The molecule has 134 valence electrons. The maximum Gasteiger partial charge on any atom is 0.192 e. The van der Waals surface area contributed by atoms with E-state index >= 15 is 0 Å². The Kier molecular flexibility index (Phi) is 4.90. The Balaban J connectivity index is 1.65. The molecule has 1 aromatic carbocycles. The highest BCUT2D eigenvalue weighted by molar-refractivity contribution is 6.74. The molecule has 0 spiro atoms. The highest BCUT2D eigenvalue weighted by atomic mass is 28.4. The number of hydrogen-bond donors (Lipinski definition) is 1. The van der Waals surface area contributed by atoms with Crippen LogP contribution in [-0.2, 0) is 18.6 Å². The van der Waals surface area contributed by atoms with Crippen molar-refractivity contribution in [2.24, 2.45) is 0 Å². The fourth-order valence-corrected chi connectivity index (χ4v) is 3.76. The van der Waals surface area contributed by atoms with Crippen LogP contribution in [0.4, 0.5) is 0 Å². The molecule has 2 fully saturated rings. The largest absolute Gasteiger partial charge is 0.414 e. The molecule has 6 heteroatoms. The molecule has 1 aromatic rings. The first-order valence-corrected chi connectivity index (χ1v) is 11.4. The van der Waals surface area contributed by atoms with Gasteiger partial charge in [0, 0.05) is 5.56 Å². The van der Waals surface area contributed by atoms with Gasteiger partial charge in [-0.2, -0.15) is 0 Å². The summed E-state index contributed by atoms with van der Waals surface area (Å²) in [5, 5.41) is 10.3. The van der Waals surface area contributed by atoms with Crippen molar-refractivity contribution in [1.82, 2.24) is 0 Å². The second kappa shape index (κ2) is 6.51. The fraction of sp³-hybridized carbons (Fsp3) is 0.667. The summed E-state index contributed by atoms with van der Waals surface area (Å²) in [6, 6.07) is 9.76. The number of ether oxygens (including phenoxy) is 3. The second-order valence-electron chi connectivity index (χ2n) is 8.08. The van der Waals surface area contributed by atoms with Gasteiger partial charge in [0.1, 0.15) is 18.3 Å². The van der Waals surface area contributed by atoms with Crippen LogP contribution in [0.15, 0.2) is 30.3 Å². The van der Waals surface area contributed by atoms with Crippen LogP contribution in [0.5, 0.6) is 0 Å². The van der Waals surface area contributed by atoms with E-state index in [-0.39, 0.29) is 17.2 Å². The van der Waals surface area contributed by atoms with Gasteiger partial charge < -0.3 is 23.7 Å². The van der Waals surface area contributed by atoms with Crippen LogP contribution in [0.3, 0.4) is 0 Å². The second-order valence-corrected chi connectivity index (χ2v) is 12.9. The van der Waals surface area contributed by atoms with E-state index in [2.05, 4.69) is 33.9 Å². The standard InChI is InChI=1S/C18H28O5Si/c1-18(2,3)24(4,5)20-11-13-14-15(16(19)21-13)23-17(22-14)12-9-7-6-8-10-12/h6-10,13-17,19H,11H2,1-5H3/t13-,14-,15-,16?,17?/m1/s1. The summed E-state index contributed by atoms with van der Waals surface area (Å²) in [6.45, 7) is 11.4. The fourth-order valence-electron chi connectivity index (χ4n) is 2.74. The summed E-state index contributed by atoms with van der Waals surface area (Å²) >= 11 is 0. The van der Waals surface area contributed by atoms with Crippen molar-refractivity contribution in [3.05, 3.63) is 35.9 Å². The van der Waals surface area contributed by atoms with Crippen LogP contribution in [-0.4, -0.2) is 44.6 Å². The predicted octanol–water partition coefficient (Wildman–Crippen LogP) is 3.21. The van der Waals surface area contributed by atoms with Gasteiger partial charge in [-0.05, 0) is 18.1 Å². The number of fused-ring (bicyclic) bond motifs is 1. The lowest BCUT2D eigenvalue weighted by Gasteiger charge is -2.37. The van der Waals surface area contributed by atoms with Gasteiger partial charge in [0.05, 0.1) is 6.61 Å². The molecule has 5 nitrogen and oxygen atoms in total. The summed E-state index contributed by atoms with van der Waals surface area (Å²) in [7, 11) is -1.88. The first-order valence-electron chi connectivity index (χ1n) is 8.52. The molecule has 2 heterocycles. The highest BCUT2D eigenvalue weighted by Crippen LogP contribution is 2.41. The summed E-state index contributed by atoms with van der Waals surface area (Å²) in [5.74, 6) is 0. The van der Waals surface area contributed by atoms with Crippen LogP contribution in [0.25, 0.3) is 0 Å². The first-order chi connectivity index (χ1) is 11.2. The number of aliphatic hydroxyl groups excluding tert-OH is 1. The van der Waals surface area contributed by atoms with Gasteiger partial charge in [0.25, 0.3) is 0 Å². The van der Waals surface area contributed by atoms with Gasteiger partial charge >= 0.3 is 0 Å². The van der Waals surface area contributed by atoms with E-state index in [0.29, 0.717) is 6.61 Å². The van der Waals surface area contributed by atoms with Gasteiger partial charge in [-0.15, -0.1) is 0 Å². The van der Waals surface area contributed by atoms with Crippen molar-refractivity contribution in [3.8, 4) is 0 Å². The number of hydrogen-bond acceptors (Lipinski definition) is 5. The zero-order valence-electron chi connectivity index (χ0n) is 15.1. The smallest absolute Gasteiger partial charge is 0.192 e. The highest BCUT2D eigenvalue weighted by Gasteiger charge is 2.53. The zero-order valence-corrected chi connectivity index (χ0v) is 16.1. The lowest BCUT2D eigenvalue weighted by Crippen LogP contribution is -2.44. The minimum Gasteiger partial charge on any atom is -0.414 e. The van der Waals surface area contributed by atoms with Gasteiger partial charge in [-0.3, -0.25) is 0 Å². The van der Waals surface area contributed by atoms with Crippen LogP contribution < -0.4 is 0 Å². The number of rotatable bonds is 4. The minimum absolute atomic E-state index is 0.128. The summed E-state index contributed by atoms with van der Waals surface area (Å²) in [6.07, 6.45) is -2.53. The molecule has 2 aliphatic rings. The molecular formula is C18H28O5Si. The van der Waals surface area contributed by atoms with E-state index in [4.69, 9.17) is 18.6 Å². The average molecular weight is 353 g/mol. The number of benzene rings is 1. The van der Waals surface area contributed by atoms with Gasteiger partial charge in [-0.1, -0.05) is 51.1 Å². The Bertz CT molecular complexity index is 556. The molecular weight excluding hydrogens is 324 g/mol. The number of aliphatic hydroxyl groups is 1. The monoisotopic (exact) mass is 352 g/mol. The third kappa shape index (κ3) is 3.45. The maximum absolute atomic E-state index is 10.2. The molecule has 0 aliphatic carbocycles. The Hall–Kier alpha value is -0.763. The van der Waals surface area contributed by atoms with Gasteiger partial charge in [-0.25, -0.2) is 0 Å². The molecule has 2 saturated heterocycles. The lowest BCUT2D eigenvalue weighted by molar-refractivity contribution is -0.189. The Morgan fingerprint density at radius 2 is 1.67 bits per heavy atom. The molecule has 3 rings (SSSR count). The minimum atomic E-state index is -1.88. The summed E-state index contributed by atoms with van der Waals surface area (Å²) < 4.78 is 23.8. The quantitative estimate of drug-likeness (QED) is 0.843. The molecule has 0 saturated carbocycles. The topological polar surface area (TPSA) is 57.2 Å². The predicted molar refractivity (Wildman–Crippen MR) is 93.0 cm³/mol. The lowest BCUT2D eigenvalue weighted by atomic mass is 10.1. The molecule has 24 heavy (non-hydrogen) atoms. The Labute approximate surface area is 145 Å². The van der Waals surface area contributed by atoms with Gasteiger partial charge in [0.2, 0.25) is 0 Å². The summed E-state index contributed by atoms with van der Waals surface area (Å²) in [5.41, 5.74) is 0.947. The van der Waals surface area contributed by atoms with Crippen LogP contribution in [0.2, 0.25) is 18.1 Å². The van der Waals surface area contributed by atoms with Crippen LogP contribution in [0, 0.1) is 0 Å². The molecule has 0 aromatic heterocycles. The van der Waals surface area contributed by atoms with Crippen molar-refractivity contribution in [3.63, 3.8) is 0 Å². The van der Waals surface area contributed by atoms with E-state index in [1.165, 1.54) is 0 Å². The van der Waals surface area contributed by atoms with Crippen molar-refractivity contribution in [2.45, 2.75) is 69.8 Å². The molecule has 0 radical (unpaired) electrons. The molecule has 2 unspecified atom stereocenters. The molecule has 0 amide bonds. The van der Waals surface area contributed by atoms with Crippen molar-refractivity contribution in [1.29, 1.82) is 0 Å². The summed E-state index contributed by atoms with van der Waals surface area (Å²) in [4.78, 5) is 0. The van der Waals surface area contributed by atoms with Crippen molar-refractivity contribution >= 4 is 8.32 Å². The third-order valence-corrected chi connectivity index (χ3v) is 9.83. The van der Waals surface area contributed by atoms with E-state index in [0.717, 1.165) is 5.56 Å². The van der Waals surface area contributed by atoms with E-state index in [1.54, 1.807) is 0 Å². The third-order valence-electron chi connectivity index (χ3n) is 5.33. The average Bonchev–Trinajstić information content (AvgIpc) is 3.06. The van der Waals surface area contributed by atoms with Crippen molar-refractivity contribution < 1.29 is 23.7 Å². The SMILES string of the molecule is CC(C)(C)[Si](C)(C)OC[C@H]1OC(O)[C@@H]2OC(c3ccccc3)O[C@H]12. The molecule has 0 bridgehead atoms. The van der Waals surface area contributed by atoms with Crippen molar-refractivity contribution in [2.75, 3.05) is 6.61 Å². The Morgan fingerprint density at radius 1 is 1.04 bits per heavy atom. The van der Waals surface area contributed by atoms with E-state index in [1.807, 2.05) is 30.3 Å². The Morgan fingerprint density at radius 3 is 2.29 bits per heavy atom.